The molecule has 6 nitrogen and oxygen atoms in total. The summed E-state index contributed by atoms with van der Waals surface area (Å²) in [6, 6.07) is -0.273. The molecule has 0 aromatic heterocycles. The minimum Gasteiger partial charge on any atom is -0.329 e. The molecule has 0 spiro atoms. The van der Waals surface area contributed by atoms with Crippen molar-refractivity contribution < 1.29 is 16.8 Å². The average molecular weight is 284 g/mol. The van der Waals surface area contributed by atoms with Crippen LogP contribution < -0.4 is 5.73 Å². The van der Waals surface area contributed by atoms with E-state index in [-0.39, 0.29) is 12.6 Å². The molecule has 1 fully saturated rings. The van der Waals surface area contributed by atoms with Crippen LogP contribution in [-0.4, -0.2) is 51.6 Å². The van der Waals surface area contributed by atoms with E-state index in [0.29, 0.717) is 18.9 Å². The molecule has 0 saturated carbocycles. The van der Waals surface area contributed by atoms with E-state index in [1.165, 1.54) is 4.31 Å². The summed E-state index contributed by atoms with van der Waals surface area (Å²) >= 11 is 0. The summed E-state index contributed by atoms with van der Waals surface area (Å²) in [5.74, 6) is 0.424. The maximum absolute atomic E-state index is 12.0. The summed E-state index contributed by atoms with van der Waals surface area (Å²) in [4.78, 5) is 0. The summed E-state index contributed by atoms with van der Waals surface area (Å²) < 4.78 is 47.4. The van der Waals surface area contributed by atoms with Crippen LogP contribution in [0, 0.1) is 5.92 Å². The van der Waals surface area contributed by atoms with E-state index in [1.54, 1.807) is 0 Å². The van der Waals surface area contributed by atoms with Gasteiger partial charge in [0.2, 0.25) is 10.0 Å². The average Bonchev–Trinajstić information content (AvgIpc) is 2.13. The molecule has 1 heterocycles. The van der Waals surface area contributed by atoms with Gasteiger partial charge in [-0.3, -0.25) is 0 Å². The standard InChI is InChI=1S/C9H20N2O4S2/c1-8-3-4-11(9(5-8)6-10)17(14,15)7-16(2,12)13/h8-9H,3-7,10H2,1-2H3. The summed E-state index contributed by atoms with van der Waals surface area (Å²) in [7, 11) is -7.31. The smallest absolute Gasteiger partial charge is 0.228 e. The maximum atomic E-state index is 12.0. The summed E-state index contributed by atoms with van der Waals surface area (Å²) in [5.41, 5.74) is 5.56. The molecule has 2 unspecified atom stereocenters. The van der Waals surface area contributed by atoms with Crippen molar-refractivity contribution in [2.24, 2.45) is 11.7 Å². The number of nitrogens with zero attached hydrogens (tertiary/aromatic N) is 1. The van der Waals surface area contributed by atoms with Crippen LogP contribution in [0.1, 0.15) is 19.8 Å². The Kier molecular flexibility index (Phi) is 4.56. The molecule has 8 heteroatoms. The second-order valence-corrected chi connectivity index (χ2v) is 9.21. The summed E-state index contributed by atoms with van der Waals surface area (Å²) in [5, 5.41) is -0.828. The van der Waals surface area contributed by atoms with Gasteiger partial charge in [0.1, 0.15) is 0 Å². The molecule has 0 amide bonds. The summed E-state index contributed by atoms with van der Waals surface area (Å²) in [6.07, 6.45) is 2.37. The minimum atomic E-state index is -3.76. The van der Waals surface area contributed by atoms with Crippen LogP contribution in [-0.2, 0) is 19.9 Å². The largest absolute Gasteiger partial charge is 0.329 e. The number of hydrogen-bond donors (Lipinski definition) is 1. The third kappa shape index (κ3) is 4.20. The maximum Gasteiger partial charge on any atom is 0.228 e. The first-order valence-corrected chi connectivity index (χ1v) is 9.20. The van der Waals surface area contributed by atoms with Crippen molar-refractivity contribution in [2.75, 3.05) is 24.4 Å². The van der Waals surface area contributed by atoms with E-state index in [1.807, 2.05) is 6.92 Å². The quantitative estimate of drug-likeness (QED) is 0.742. The van der Waals surface area contributed by atoms with Gasteiger partial charge in [-0.15, -0.1) is 0 Å². The van der Waals surface area contributed by atoms with Crippen molar-refractivity contribution in [1.82, 2.24) is 4.31 Å². The van der Waals surface area contributed by atoms with Gasteiger partial charge in [-0.2, -0.15) is 4.31 Å². The zero-order valence-electron chi connectivity index (χ0n) is 10.2. The number of sulfone groups is 1. The lowest BCUT2D eigenvalue weighted by molar-refractivity contribution is 0.212. The number of sulfonamides is 1. The van der Waals surface area contributed by atoms with Gasteiger partial charge in [-0.1, -0.05) is 6.92 Å². The van der Waals surface area contributed by atoms with Gasteiger partial charge in [-0.05, 0) is 18.8 Å². The molecular formula is C9H20N2O4S2. The van der Waals surface area contributed by atoms with Crippen molar-refractivity contribution in [3.63, 3.8) is 0 Å². The van der Waals surface area contributed by atoms with Crippen molar-refractivity contribution in [3.05, 3.63) is 0 Å². The van der Waals surface area contributed by atoms with E-state index in [4.69, 9.17) is 5.73 Å². The van der Waals surface area contributed by atoms with E-state index in [2.05, 4.69) is 0 Å². The van der Waals surface area contributed by atoms with Crippen LogP contribution in [0.4, 0.5) is 0 Å². The molecule has 1 aliphatic rings. The van der Waals surface area contributed by atoms with Crippen LogP contribution >= 0.6 is 0 Å². The second kappa shape index (κ2) is 5.21. The second-order valence-electron chi connectivity index (χ2n) is 4.79. The lowest BCUT2D eigenvalue weighted by Crippen LogP contribution is -2.50. The van der Waals surface area contributed by atoms with E-state index < -0.39 is 24.9 Å². The zero-order chi connectivity index (χ0) is 13.3. The Morgan fingerprint density at radius 1 is 1.29 bits per heavy atom. The van der Waals surface area contributed by atoms with Crippen molar-refractivity contribution in [1.29, 1.82) is 0 Å². The fourth-order valence-corrected chi connectivity index (χ4v) is 5.86. The van der Waals surface area contributed by atoms with Crippen molar-refractivity contribution >= 4 is 19.9 Å². The van der Waals surface area contributed by atoms with Crippen LogP contribution in [0.3, 0.4) is 0 Å². The van der Waals surface area contributed by atoms with Gasteiger partial charge >= 0.3 is 0 Å². The highest BCUT2D eigenvalue weighted by molar-refractivity contribution is 8.06. The van der Waals surface area contributed by atoms with Crippen LogP contribution in [0.15, 0.2) is 0 Å². The molecule has 102 valence electrons. The Morgan fingerprint density at radius 2 is 1.88 bits per heavy atom. The highest BCUT2D eigenvalue weighted by Gasteiger charge is 2.35. The molecule has 1 aliphatic heterocycles. The highest BCUT2D eigenvalue weighted by atomic mass is 32.3. The Balaban J connectivity index is 2.90. The Morgan fingerprint density at radius 3 is 2.35 bits per heavy atom. The van der Waals surface area contributed by atoms with Gasteiger partial charge in [0.15, 0.2) is 14.9 Å². The van der Waals surface area contributed by atoms with Crippen molar-refractivity contribution in [3.8, 4) is 0 Å². The van der Waals surface area contributed by atoms with Gasteiger partial charge in [0.25, 0.3) is 0 Å². The van der Waals surface area contributed by atoms with E-state index >= 15 is 0 Å². The Bertz CT molecular complexity index is 457. The SMILES string of the molecule is CC1CCN(S(=O)(=O)CS(C)(=O)=O)C(CN)C1. The van der Waals surface area contributed by atoms with Crippen LogP contribution in [0.2, 0.25) is 0 Å². The molecule has 0 aromatic rings. The van der Waals surface area contributed by atoms with Crippen molar-refractivity contribution in [2.45, 2.75) is 25.8 Å². The third-order valence-electron chi connectivity index (χ3n) is 2.92. The molecular weight excluding hydrogens is 264 g/mol. The van der Waals surface area contributed by atoms with Gasteiger partial charge in [-0.25, -0.2) is 16.8 Å². The van der Waals surface area contributed by atoms with Crippen LogP contribution in [0.25, 0.3) is 0 Å². The van der Waals surface area contributed by atoms with Gasteiger partial charge < -0.3 is 5.73 Å². The number of nitrogens with two attached hydrogens (primary N) is 1. The number of rotatable bonds is 4. The lowest BCUT2D eigenvalue weighted by Gasteiger charge is -2.36. The first-order chi connectivity index (χ1) is 7.65. The normalized spacial score (nSPS) is 28.2. The molecule has 1 saturated heterocycles. The van der Waals surface area contributed by atoms with Gasteiger partial charge in [0.05, 0.1) is 0 Å². The Hall–Kier alpha value is -0.180. The topological polar surface area (TPSA) is 97.5 Å². The molecule has 0 bridgehead atoms. The fourth-order valence-electron chi connectivity index (χ4n) is 2.15. The monoisotopic (exact) mass is 284 g/mol. The zero-order valence-corrected chi connectivity index (χ0v) is 11.8. The molecule has 2 atom stereocenters. The van der Waals surface area contributed by atoms with Crippen LogP contribution in [0.5, 0.6) is 0 Å². The molecule has 0 radical (unpaired) electrons. The number of piperidine rings is 1. The lowest BCUT2D eigenvalue weighted by atomic mass is 9.94. The van der Waals surface area contributed by atoms with E-state index in [9.17, 15) is 16.8 Å². The predicted octanol–water partition coefficient (Wildman–Crippen LogP) is -0.622. The molecule has 17 heavy (non-hydrogen) atoms. The Labute approximate surface area is 103 Å². The van der Waals surface area contributed by atoms with Gasteiger partial charge in [0, 0.05) is 25.4 Å². The number of hydrogen-bond acceptors (Lipinski definition) is 5. The minimum absolute atomic E-state index is 0.229. The third-order valence-corrected chi connectivity index (χ3v) is 7.02. The molecule has 2 N–H and O–H groups in total. The highest BCUT2D eigenvalue weighted by Crippen LogP contribution is 2.25. The molecule has 0 aliphatic carbocycles. The first-order valence-electron chi connectivity index (χ1n) is 5.53. The summed E-state index contributed by atoms with van der Waals surface area (Å²) in [6.45, 7) is 2.64. The molecule has 1 rings (SSSR count). The predicted molar refractivity (Wildman–Crippen MR) is 66.6 cm³/mol. The van der Waals surface area contributed by atoms with E-state index in [0.717, 1.165) is 12.7 Å². The fraction of sp³-hybridized carbons (Fsp3) is 1.00. The molecule has 0 aromatic carbocycles. The first kappa shape index (κ1) is 14.9.